The lowest BCUT2D eigenvalue weighted by atomic mass is 10.0. The molecule has 3 heterocycles. The highest BCUT2D eigenvalue weighted by atomic mass is 16.5. The number of piperazine rings is 1. The largest absolute Gasteiger partial charge is 0.496 e. The molecule has 0 amide bonds. The fourth-order valence-electron chi connectivity index (χ4n) is 5.09. The number of H-pyrrole nitrogens is 1. The molecule has 2 aliphatic rings. The van der Waals surface area contributed by atoms with Crippen LogP contribution in [0.25, 0.3) is 10.9 Å². The van der Waals surface area contributed by atoms with E-state index in [2.05, 4.69) is 39.2 Å². The molecule has 2 fully saturated rings. The molecule has 3 aromatic rings. The highest BCUT2D eigenvalue weighted by molar-refractivity contribution is 5.94. The van der Waals surface area contributed by atoms with Gasteiger partial charge in [0.25, 0.3) is 0 Å². The second-order valence-corrected chi connectivity index (χ2v) is 8.81. The molecule has 0 bridgehead atoms. The zero-order valence-corrected chi connectivity index (χ0v) is 19.7. The van der Waals surface area contributed by atoms with E-state index in [0.29, 0.717) is 11.3 Å². The minimum Gasteiger partial charge on any atom is -0.496 e. The molecule has 2 saturated heterocycles. The Kier molecular flexibility index (Phi) is 7.20. The van der Waals surface area contributed by atoms with Gasteiger partial charge in [0.05, 0.1) is 12.7 Å². The predicted molar refractivity (Wildman–Crippen MR) is 132 cm³/mol. The standard InChI is InChI=1S/C18H25N3O.C8H9NO2/c1-13-10-17(22-2)16(15-5-6-19-18(13)15)12-20-8-9-21-7-3-4-14(21)11-20;1-9-7-5-3-2-4-6(7)8(10)11/h5-6,10,14,19H,3-4,7-9,11-12H2,1-2H3;2-5,9H,1H3,(H,10,11). The van der Waals surface area contributed by atoms with Crippen LogP contribution in [0.2, 0.25) is 0 Å². The van der Waals surface area contributed by atoms with Gasteiger partial charge in [-0.2, -0.15) is 0 Å². The number of ether oxygens (including phenoxy) is 1. The first-order chi connectivity index (χ1) is 16.0. The first kappa shape index (κ1) is 23.1. The molecule has 3 N–H and O–H groups in total. The van der Waals surface area contributed by atoms with E-state index in [1.165, 1.54) is 61.1 Å². The number of nitrogens with one attached hydrogen (secondary N) is 2. The van der Waals surface area contributed by atoms with Gasteiger partial charge in [-0.25, -0.2) is 4.79 Å². The molecule has 7 nitrogen and oxygen atoms in total. The van der Waals surface area contributed by atoms with Crippen LogP contribution < -0.4 is 10.1 Å². The van der Waals surface area contributed by atoms with Crippen LogP contribution in [0, 0.1) is 6.92 Å². The van der Waals surface area contributed by atoms with Crippen molar-refractivity contribution in [3.05, 3.63) is 59.3 Å². The summed E-state index contributed by atoms with van der Waals surface area (Å²) < 4.78 is 5.68. The van der Waals surface area contributed by atoms with Crippen LogP contribution in [0.5, 0.6) is 5.75 Å². The van der Waals surface area contributed by atoms with E-state index in [0.717, 1.165) is 18.3 Å². The van der Waals surface area contributed by atoms with E-state index >= 15 is 0 Å². The summed E-state index contributed by atoms with van der Waals surface area (Å²) in [7, 11) is 3.48. The van der Waals surface area contributed by atoms with Crippen LogP contribution in [-0.4, -0.2) is 72.2 Å². The number of nitrogens with zero attached hydrogens (tertiary/aromatic N) is 2. The Balaban J connectivity index is 0.000000200. The van der Waals surface area contributed by atoms with Crippen LogP contribution >= 0.6 is 0 Å². The van der Waals surface area contributed by atoms with Crippen molar-refractivity contribution in [2.75, 3.05) is 45.7 Å². The van der Waals surface area contributed by atoms with Gasteiger partial charge in [0, 0.05) is 67.6 Å². The van der Waals surface area contributed by atoms with Gasteiger partial charge < -0.3 is 20.1 Å². The van der Waals surface area contributed by atoms with E-state index in [1.54, 1.807) is 38.4 Å². The average molecular weight is 451 g/mol. The van der Waals surface area contributed by atoms with Gasteiger partial charge in [-0.15, -0.1) is 0 Å². The van der Waals surface area contributed by atoms with Gasteiger partial charge in [-0.3, -0.25) is 9.80 Å². The zero-order chi connectivity index (χ0) is 23.4. The van der Waals surface area contributed by atoms with Crippen molar-refractivity contribution in [2.45, 2.75) is 32.4 Å². The highest BCUT2D eigenvalue weighted by Gasteiger charge is 2.31. The summed E-state index contributed by atoms with van der Waals surface area (Å²) in [6, 6.07) is 11.9. The summed E-state index contributed by atoms with van der Waals surface area (Å²) in [5.41, 5.74) is 4.77. The first-order valence-corrected chi connectivity index (χ1v) is 11.6. The molecule has 7 heteroatoms. The molecule has 1 aromatic heterocycles. The van der Waals surface area contributed by atoms with E-state index in [4.69, 9.17) is 9.84 Å². The number of rotatable bonds is 5. The van der Waals surface area contributed by atoms with Crippen LogP contribution in [0.1, 0.15) is 34.3 Å². The van der Waals surface area contributed by atoms with E-state index in [-0.39, 0.29) is 0 Å². The number of hydrogen-bond donors (Lipinski definition) is 3. The highest BCUT2D eigenvalue weighted by Crippen LogP contribution is 2.32. The minimum atomic E-state index is -0.907. The monoisotopic (exact) mass is 450 g/mol. The summed E-state index contributed by atoms with van der Waals surface area (Å²) in [6.45, 7) is 8.01. The van der Waals surface area contributed by atoms with Crippen molar-refractivity contribution >= 4 is 22.6 Å². The number of anilines is 1. The Hall–Kier alpha value is -3.03. The summed E-state index contributed by atoms with van der Waals surface area (Å²) in [5, 5.41) is 12.8. The van der Waals surface area contributed by atoms with Crippen LogP contribution in [0.4, 0.5) is 5.69 Å². The zero-order valence-electron chi connectivity index (χ0n) is 19.7. The van der Waals surface area contributed by atoms with Crippen molar-refractivity contribution in [3.8, 4) is 5.75 Å². The van der Waals surface area contributed by atoms with Gasteiger partial charge in [0.15, 0.2) is 0 Å². The van der Waals surface area contributed by atoms with Crippen molar-refractivity contribution in [2.24, 2.45) is 0 Å². The number of methoxy groups -OCH3 is 1. The van der Waals surface area contributed by atoms with Gasteiger partial charge in [-0.1, -0.05) is 12.1 Å². The number of aromatic nitrogens is 1. The quantitative estimate of drug-likeness (QED) is 0.541. The summed E-state index contributed by atoms with van der Waals surface area (Å²) in [6.07, 6.45) is 4.77. The summed E-state index contributed by atoms with van der Waals surface area (Å²) >= 11 is 0. The lowest BCUT2D eigenvalue weighted by Crippen LogP contribution is -2.49. The van der Waals surface area contributed by atoms with Crippen LogP contribution in [0.15, 0.2) is 42.6 Å². The molecule has 33 heavy (non-hydrogen) atoms. The van der Waals surface area contributed by atoms with Crippen molar-refractivity contribution < 1.29 is 14.6 Å². The normalized spacial score (nSPS) is 18.5. The fraction of sp³-hybridized carbons (Fsp3) is 0.423. The number of aryl methyl sites for hydroxylation is 1. The summed E-state index contributed by atoms with van der Waals surface area (Å²) in [4.78, 5) is 19.2. The fourth-order valence-corrected chi connectivity index (χ4v) is 5.09. The number of hydrogen-bond acceptors (Lipinski definition) is 5. The van der Waals surface area contributed by atoms with Crippen LogP contribution in [0.3, 0.4) is 0 Å². The Labute approximate surface area is 195 Å². The topological polar surface area (TPSA) is 80.8 Å². The molecular formula is C26H34N4O3. The molecule has 2 aliphatic heterocycles. The predicted octanol–water partition coefficient (Wildman–Crippen LogP) is 4.19. The lowest BCUT2D eigenvalue weighted by Gasteiger charge is -2.37. The minimum absolute atomic E-state index is 0.301. The first-order valence-electron chi connectivity index (χ1n) is 11.6. The molecular weight excluding hydrogens is 416 g/mol. The number of fused-ring (bicyclic) bond motifs is 2. The van der Waals surface area contributed by atoms with Gasteiger partial charge >= 0.3 is 5.97 Å². The van der Waals surface area contributed by atoms with E-state index < -0.39 is 5.97 Å². The maximum Gasteiger partial charge on any atom is 0.337 e. The number of benzene rings is 2. The van der Waals surface area contributed by atoms with Gasteiger partial charge in [-0.05, 0) is 56.1 Å². The Morgan fingerprint density at radius 3 is 2.79 bits per heavy atom. The number of aromatic amines is 1. The summed E-state index contributed by atoms with van der Waals surface area (Å²) in [5.74, 6) is 0.119. The molecule has 1 atom stereocenters. The molecule has 0 saturated carbocycles. The van der Waals surface area contributed by atoms with Crippen molar-refractivity contribution in [1.29, 1.82) is 0 Å². The van der Waals surface area contributed by atoms with Crippen molar-refractivity contribution in [3.63, 3.8) is 0 Å². The third-order valence-electron chi connectivity index (χ3n) is 6.81. The van der Waals surface area contributed by atoms with Crippen LogP contribution in [-0.2, 0) is 6.54 Å². The molecule has 1 unspecified atom stereocenters. The number of para-hydroxylation sites is 1. The maximum absolute atomic E-state index is 10.5. The van der Waals surface area contributed by atoms with Crippen molar-refractivity contribution in [1.82, 2.24) is 14.8 Å². The number of aromatic carboxylic acids is 1. The second-order valence-electron chi connectivity index (χ2n) is 8.81. The molecule has 5 rings (SSSR count). The molecule has 0 radical (unpaired) electrons. The third-order valence-corrected chi connectivity index (χ3v) is 6.81. The number of carboxylic acids is 1. The Morgan fingerprint density at radius 1 is 1.24 bits per heavy atom. The SMILES string of the molecule is CNc1ccccc1C(=O)O.COc1cc(C)c2[nH]ccc2c1CN1CCN2CCCC2C1. The van der Waals surface area contributed by atoms with E-state index in [1.807, 2.05) is 6.20 Å². The Bertz CT molecular complexity index is 1110. The van der Waals surface area contributed by atoms with Gasteiger partial charge in [0.2, 0.25) is 0 Å². The van der Waals surface area contributed by atoms with Gasteiger partial charge in [0.1, 0.15) is 5.75 Å². The van der Waals surface area contributed by atoms with E-state index in [9.17, 15) is 4.79 Å². The lowest BCUT2D eigenvalue weighted by molar-refractivity contribution is 0.0698. The maximum atomic E-state index is 10.5. The molecule has 0 aliphatic carbocycles. The molecule has 176 valence electrons. The smallest absolute Gasteiger partial charge is 0.337 e. The number of carboxylic acid groups (broad SMARTS) is 1. The molecule has 2 aromatic carbocycles. The molecule has 0 spiro atoms. The number of carbonyl (C=O) groups is 1. The average Bonchev–Trinajstić information content (AvgIpc) is 3.51. The second kappa shape index (κ2) is 10.3. The third kappa shape index (κ3) is 4.99. The Morgan fingerprint density at radius 2 is 2.06 bits per heavy atom.